The Morgan fingerprint density at radius 3 is 2.44 bits per heavy atom. The van der Waals surface area contributed by atoms with Crippen LogP contribution >= 0.6 is 0 Å². The first-order valence-corrected chi connectivity index (χ1v) is 8.57. The molecule has 0 spiro atoms. The normalized spacial score (nSPS) is 16.4. The van der Waals surface area contributed by atoms with Gasteiger partial charge in [0.1, 0.15) is 0 Å². The molecule has 0 radical (unpaired) electrons. The molecule has 0 atom stereocenters. The molecule has 27 heavy (non-hydrogen) atoms. The van der Waals surface area contributed by atoms with Crippen LogP contribution in [0.3, 0.4) is 0 Å². The van der Waals surface area contributed by atoms with Crippen LogP contribution in [0.4, 0.5) is 13.2 Å². The molecular formula is C20H21F3N4. The zero-order valence-electron chi connectivity index (χ0n) is 15.1. The number of alkyl halides is 3. The second kappa shape index (κ2) is 7.06. The van der Waals surface area contributed by atoms with Gasteiger partial charge >= 0.3 is 6.18 Å². The van der Waals surface area contributed by atoms with E-state index in [-0.39, 0.29) is 6.54 Å². The minimum Gasteiger partial charge on any atom is -0.402 e. The molecule has 0 saturated heterocycles. The average molecular weight is 374 g/mol. The van der Waals surface area contributed by atoms with E-state index in [1.807, 2.05) is 0 Å². The minimum atomic E-state index is -4.36. The molecule has 0 bridgehead atoms. The molecule has 1 heterocycles. The molecule has 1 aromatic heterocycles. The summed E-state index contributed by atoms with van der Waals surface area (Å²) < 4.78 is 39.8. The van der Waals surface area contributed by atoms with Gasteiger partial charge in [-0.05, 0) is 43.0 Å². The summed E-state index contributed by atoms with van der Waals surface area (Å²) in [5.74, 6) is 0. The van der Waals surface area contributed by atoms with Gasteiger partial charge in [-0.15, -0.1) is 0 Å². The number of benzene rings is 1. The van der Waals surface area contributed by atoms with E-state index in [4.69, 9.17) is 5.73 Å². The second-order valence-corrected chi connectivity index (χ2v) is 6.73. The zero-order chi connectivity index (χ0) is 19.8. The lowest BCUT2D eigenvalue weighted by Gasteiger charge is -2.12. The molecular weight excluding hydrogens is 353 g/mol. The van der Waals surface area contributed by atoms with Crippen molar-refractivity contribution in [2.45, 2.75) is 38.5 Å². The lowest BCUT2D eigenvalue weighted by atomic mass is 10.1. The SMILES string of the molecule is C=C(Cn1ncc(=NC2CC2)c(=C(C)N)c1=C)c1ccc(C(F)(F)F)cc1. The summed E-state index contributed by atoms with van der Waals surface area (Å²) in [7, 11) is 0. The molecule has 3 rings (SSSR count). The Morgan fingerprint density at radius 2 is 1.93 bits per heavy atom. The Balaban J connectivity index is 1.92. The Labute approximate surface area is 154 Å². The summed E-state index contributed by atoms with van der Waals surface area (Å²) in [6.45, 7) is 10.1. The summed E-state index contributed by atoms with van der Waals surface area (Å²) in [5.41, 5.74) is 7.16. The van der Waals surface area contributed by atoms with Gasteiger partial charge in [0.15, 0.2) is 0 Å². The van der Waals surface area contributed by atoms with Crippen molar-refractivity contribution in [1.29, 1.82) is 0 Å². The van der Waals surface area contributed by atoms with Gasteiger partial charge in [-0.3, -0.25) is 9.67 Å². The smallest absolute Gasteiger partial charge is 0.402 e. The molecule has 2 aromatic rings. The highest BCUT2D eigenvalue weighted by Gasteiger charge is 2.30. The molecule has 0 aliphatic heterocycles. The first-order valence-electron chi connectivity index (χ1n) is 8.57. The zero-order valence-corrected chi connectivity index (χ0v) is 15.1. The topological polar surface area (TPSA) is 56.2 Å². The van der Waals surface area contributed by atoms with Crippen LogP contribution in [0.2, 0.25) is 0 Å². The van der Waals surface area contributed by atoms with E-state index in [2.05, 4.69) is 23.2 Å². The van der Waals surface area contributed by atoms with Gasteiger partial charge in [-0.2, -0.15) is 18.3 Å². The number of allylic oxidation sites excluding steroid dienone is 1. The van der Waals surface area contributed by atoms with Crippen molar-refractivity contribution in [1.82, 2.24) is 9.78 Å². The number of rotatable bonds is 4. The van der Waals surface area contributed by atoms with Crippen LogP contribution in [-0.2, 0) is 12.7 Å². The molecule has 1 aliphatic carbocycles. The molecule has 1 aliphatic rings. The van der Waals surface area contributed by atoms with Gasteiger partial charge in [-0.25, -0.2) is 0 Å². The van der Waals surface area contributed by atoms with E-state index in [0.29, 0.717) is 28.2 Å². The fourth-order valence-electron chi connectivity index (χ4n) is 2.77. The number of aromatic nitrogens is 2. The molecule has 0 amide bonds. The molecule has 2 N–H and O–H groups in total. The number of halogens is 3. The summed E-state index contributed by atoms with van der Waals surface area (Å²) >= 11 is 0. The van der Waals surface area contributed by atoms with Crippen LogP contribution < -0.4 is 21.7 Å². The fourth-order valence-corrected chi connectivity index (χ4v) is 2.77. The van der Waals surface area contributed by atoms with Crippen LogP contribution in [0.15, 0.2) is 42.0 Å². The summed E-state index contributed by atoms with van der Waals surface area (Å²) in [6, 6.07) is 5.23. The van der Waals surface area contributed by atoms with Gasteiger partial charge in [0.25, 0.3) is 0 Å². The van der Waals surface area contributed by atoms with Crippen LogP contribution in [-0.4, -0.2) is 15.8 Å². The third-order valence-corrected chi connectivity index (χ3v) is 4.40. The van der Waals surface area contributed by atoms with Gasteiger partial charge in [0.05, 0.1) is 35.1 Å². The third-order valence-electron chi connectivity index (χ3n) is 4.40. The first kappa shape index (κ1) is 18.9. The predicted octanol–water partition coefficient (Wildman–Crippen LogP) is 2.18. The van der Waals surface area contributed by atoms with Crippen molar-refractivity contribution in [3.63, 3.8) is 0 Å². The Hall–Kier alpha value is -2.83. The highest BCUT2D eigenvalue weighted by atomic mass is 19.4. The second-order valence-electron chi connectivity index (χ2n) is 6.73. The van der Waals surface area contributed by atoms with E-state index >= 15 is 0 Å². The standard InChI is InChI=1S/C20H21F3N4/c1-12(15-4-6-16(7-5-15)20(21,22)23)11-27-14(3)19(13(2)24)18(10-25-27)26-17-8-9-17/h4-7,10,17H,1,3,8-9,11,24H2,2H3. The van der Waals surface area contributed by atoms with Crippen molar-refractivity contribution in [3.05, 3.63) is 64.1 Å². The van der Waals surface area contributed by atoms with Crippen LogP contribution in [0.5, 0.6) is 0 Å². The van der Waals surface area contributed by atoms with E-state index in [9.17, 15) is 13.2 Å². The molecule has 1 saturated carbocycles. The summed E-state index contributed by atoms with van der Waals surface area (Å²) in [6.07, 6.45) is -0.579. The van der Waals surface area contributed by atoms with Gasteiger partial charge in [-0.1, -0.05) is 25.3 Å². The molecule has 1 fully saturated rings. The summed E-state index contributed by atoms with van der Waals surface area (Å²) in [5, 5.41) is 6.45. The van der Waals surface area contributed by atoms with Crippen molar-refractivity contribution in [2.75, 3.05) is 0 Å². The van der Waals surface area contributed by atoms with Crippen molar-refractivity contribution in [3.8, 4) is 0 Å². The van der Waals surface area contributed by atoms with E-state index in [1.165, 1.54) is 12.1 Å². The maximum atomic E-state index is 12.7. The highest BCUT2D eigenvalue weighted by Crippen LogP contribution is 2.30. The van der Waals surface area contributed by atoms with E-state index in [1.54, 1.807) is 17.8 Å². The lowest BCUT2D eigenvalue weighted by Crippen LogP contribution is -2.48. The monoisotopic (exact) mass is 374 g/mol. The van der Waals surface area contributed by atoms with Crippen LogP contribution in [0, 0.1) is 0 Å². The first-order chi connectivity index (χ1) is 12.7. The maximum Gasteiger partial charge on any atom is 0.416 e. The number of nitrogens with zero attached hydrogens (tertiary/aromatic N) is 3. The minimum absolute atomic E-state index is 0.286. The lowest BCUT2D eigenvalue weighted by molar-refractivity contribution is -0.137. The Kier molecular flexibility index (Phi) is 4.95. The van der Waals surface area contributed by atoms with E-state index in [0.717, 1.165) is 35.6 Å². The molecule has 0 unspecified atom stereocenters. The predicted molar refractivity (Wildman–Crippen MR) is 99.3 cm³/mol. The number of nitrogens with two attached hydrogens (primary N) is 1. The van der Waals surface area contributed by atoms with Crippen molar-refractivity contribution < 1.29 is 13.2 Å². The third kappa shape index (κ3) is 4.30. The summed E-state index contributed by atoms with van der Waals surface area (Å²) in [4.78, 5) is 4.62. The Morgan fingerprint density at radius 1 is 1.30 bits per heavy atom. The van der Waals surface area contributed by atoms with Gasteiger partial charge < -0.3 is 5.73 Å². The molecule has 7 heteroatoms. The van der Waals surface area contributed by atoms with E-state index < -0.39 is 11.7 Å². The largest absolute Gasteiger partial charge is 0.416 e. The maximum absolute atomic E-state index is 12.7. The van der Waals surface area contributed by atoms with Crippen LogP contribution in [0.25, 0.3) is 17.8 Å². The van der Waals surface area contributed by atoms with Crippen molar-refractivity contribution in [2.24, 2.45) is 10.7 Å². The van der Waals surface area contributed by atoms with Gasteiger partial charge in [0.2, 0.25) is 0 Å². The molecule has 142 valence electrons. The highest BCUT2D eigenvalue weighted by molar-refractivity contribution is 5.63. The fraction of sp³-hybridized carbons (Fsp3) is 0.300. The number of hydrogen-bond acceptors (Lipinski definition) is 3. The van der Waals surface area contributed by atoms with Crippen LogP contribution in [0.1, 0.15) is 30.9 Å². The quantitative estimate of drug-likeness (QED) is 0.892. The number of hydrogen-bond donors (Lipinski definition) is 1. The molecule has 4 nitrogen and oxygen atoms in total. The Bertz CT molecular complexity index is 1040. The van der Waals surface area contributed by atoms with Crippen molar-refractivity contribution >= 4 is 17.8 Å². The molecule has 1 aromatic carbocycles. The average Bonchev–Trinajstić information content (AvgIpc) is 3.40. The van der Waals surface area contributed by atoms with Gasteiger partial charge in [0, 0.05) is 10.9 Å².